The molecule has 1 heterocycles. The van der Waals surface area contributed by atoms with E-state index in [-0.39, 0.29) is 41.7 Å². The Hall–Kier alpha value is -1.52. The molecule has 0 unspecified atom stereocenters. The molecule has 1 aliphatic heterocycles. The monoisotopic (exact) mass is 446 g/mol. The Bertz CT molecular complexity index is 1050. The highest BCUT2D eigenvalue weighted by atomic mass is 35.5. The standard InChI is InChI=1S/C18H20ClFN2O4S2/c1-14-5-7-15(8-6-14)28(25,26)22-11-9-21(10-12-22)27(23,24)13-16-17(19)3-2-4-18(16)20/h2-8H,9-13H2,1H3. The zero-order valence-corrected chi connectivity index (χ0v) is 17.6. The van der Waals surface area contributed by atoms with Crippen LogP contribution in [0.3, 0.4) is 0 Å². The molecule has 0 amide bonds. The first-order chi connectivity index (χ1) is 13.1. The van der Waals surface area contributed by atoms with E-state index in [0.717, 1.165) is 11.6 Å². The molecule has 6 nitrogen and oxygen atoms in total. The van der Waals surface area contributed by atoms with Gasteiger partial charge < -0.3 is 0 Å². The molecule has 1 fully saturated rings. The van der Waals surface area contributed by atoms with Gasteiger partial charge in [0.05, 0.1) is 10.6 Å². The lowest BCUT2D eigenvalue weighted by atomic mass is 10.2. The number of piperazine rings is 1. The molecule has 0 atom stereocenters. The summed E-state index contributed by atoms with van der Waals surface area (Å²) in [4.78, 5) is 0.174. The number of halogens is 2. The Balaban J connectivity index is 1.71. The van der Waals surface area contributed by atoms with E-state index in [4.69, 9.17) is 11.6 Å². The molecule has 3 rings (SSSR count). The van der Waals surface area contributed by atoms with E-state index in [9.17, 15) is 21.2 Å². The molecule has 0 saturated carbocycles. The molecule has 2 aromatic carbocycles. The minimum absolute atomic E-state index is 0.000500. The van der Waals surface area contributed by atoms with Gasteiger partial charge >= 0.3 is 0 Å². The Morgan fingerprint density at radius 3 is 2.07 bits per heavy atom. The van der Waals surface area contributed by atoms with Gasteiger partial charge in [-0.05, 0) is 31.2 Å². The molecule has 1 aliphatic rings. The van der Waals surface area contributed by atoms with E-state index in [0.29, 0.717) is 0 Å². The summed E-state index contributed by atoms with van der Waals surface area (Å²) in [5, 5.41) is 0.0455. The molecule has 0 aliphatic carbocycles. The van der Waals surface area contributed by atoms with Crippen molar-refractivity contribution in [3.63, 3.8) is 0 Å². The Kier molecular flexibility index (Phi) is 6.11. The summed E-state index contributed by atoms with van der Waals surface area (Å²) in [5.74, 6) is -1.25. The van der Waals surface area contributed by atoms with Crippen LogP contribution in [-0.2, 0) is 25.8 Å². The van der Waals surface area contributed by atoms with Crippen LogP contribution in [0, 0.1) is 12.7 Å². The summed E-state index contributed by atoms with van der Waals surface area (Å²) < 4.78 is 67.1. The quantitative estimate of drug-likeness (QED) is 0.707. The van der Waals surface area contributed by atoms with Gasteiger partial charge in [0.1, 0.15) is 5.82 Å². The van der Waals surface area contributed by atoms with E-state index < -0.39 is 31.6 Å². The fraction of sp³-hybridized carbons (Fsp3) is 0.333. The highest BCUT2D eigenvalue weighted by Crippen LogP contribution is 2.24. The average molecular weight is 447 g/mol. The minimum Gasteiger partial charge on any atom is -0.212 e. The highest BCUT2D eigenvalue weighted by molar-refractivity contribution is 7.89. The number of aryl methyl sites for hydroxylation is 1. The molecule has 28 heavy (non-hydrogen) atoms. The lowest BCUT2D eigenvalue weighted by molar-refractivity contribution is 0.272. The zero-order valence-electron chi connectivity index (χ0n) is 15.2. The van der Waals surface area contributed by atoms with Gasteiger partial charge in [-0.2, -0.15) is 8.61 Å². The smallest absolute Gasteiger partial charge is 0.212 e. The van der Waals surface area contributed by atoms with Gasteiger partial charge in [-0.15, -0.1) is 0 Å². The van der Waals surface area contributed by atoms with Crippen molar-refractivity contribution in [1.82, 2.24) is 8.61 Å². The molecule has 0 N–H and O–H groups in total. The highest BCUT2D eigenvalue weighted by Gasteiger charge is 2.33. The summed E-state index contributed by atoms with van der Waals surface area (Å²) >= 11 is 5.93. The average Bonchev–Trinajstić information content (AvgIpc) is 2.65. The fourth-order valence-corrected chi connectivity index (χ4v) is 6.28. The molecule has 0 spiro atoms. The molecule has 2 aromatic rings. The van der Waals surface area contributed by atoms with Crippen molar-refractivity contribution in [3.8, 4) is 0 Å². The van der Waals surface area contributed by atoms with Gasteiger partial charge in [-0.3, -0.25) is 0 Å². The van der Waals surface area contributed by atoms with E-state index in [1.165, 1.54) is 32.9 Å². The van der Waals surface area contributed by atoms with Gasteiger partial charge in [0.2, 0.25) is 20.0 Å². The lowest BCUT2D eigenvalue weighted by Gasteiger charge is -2.33. The number of nitrogens with zero attached hydrogens (tertiary/aromatic N) is 2. The third kappa shape index (κ3) is 4.38. The maximum Gasteiger partial charge on any atom is 0.243 e. The molecular weight excluding hydrogens is 427 g/mol. The first kappa shape index (κ1) is 21.2. The van der Waals surface area contributed by atoms with E-state index in [1.807, 2.05) is 6.92 Å². The van der Waals surface area contributed by atoms with Gasteiger partial charge in [0.15, 0.2) is 0 Å². The third-order valence-electron chi connectivity index (χ3n) is 4.64. The number of rotatable bonds is 5. The Morgan fingerprint density at radius 2 is 1.50 bits per heavy atom. The van der Waals surface area contributed by atoms with Gasteiger partial charge in [0, 0.05) is 36.8 Å². The van der Waals surface area contributed by atoms with Crippen molar-refractivity contribution in [1.29, 1.82) is 0 Å². The summed E-state index contributed by atoms with van der Waals surface area (Å²) in [6, 6.07) is 10.5. The van der Waals surface area contributed by atoms with Crippen LogP contribution in [-0.4, -0.2) is 51.6 Å². The van der Waals surface area contributed by atoms with Gasteiger partial charge in [0.25, 0.3) is 0 Å². The maximum atomic E-state index is 13.9. The zero-order chi connectivity index (χ0) is 20.5. The molecule has 10 heteroatoms. The van der Waals surface area contributed by atoms with Crippen LogP contribution >= 0.6 is 11.6 Å². The first-order valence-corrected chi connectivity index (χ1v) is 12.0. The molecule has 1 saturated heterocycles. The SMILES string of the molecule is Cc1ccc(S(=O)(=O)N2CCN(S(=O)(=O)Cc3c(F)cccc3Cl)CC2)cc1. The summed E-state index contributed by atoms with van der Waals surface area (Å²) in [5.41, 5.74) is 0.862. The van der Waals surface area contributed by atoms with Crippen LogP contribution in [0.15, 0.2) is 47.4 Å². The molecule has 0 aromatic heterocycles. The maximum absolute atomic E-state index is 13.9. The van der Waals surface area contributed by atoms with Crippen molar-refractivity contribution >= 4 is 31.6 Å². The van der Waals surface area contributed by atoms with Crippen molar-refractivity contribution in [2.45, 2.75) is 17.6 Å². The van der Waals surface area contributed by atoms with Gasteiger partial charge in [-0.1, -0.05) is 35.4 Å². The summed E-state index contributed by atoms with van der Waals surface area (Å²) in [6.45, 7) is 1.92. The van der Waals surface area contributed by atoms with Crippen LogP contribution in [0.2, 0.25) is 5.02 Å². The van der Waals surface area contributed by atoms with Crippen molar-refractivity contribution in [3.05, 3.63) is 64.4 Å². The van der Waals surface area contributed by atoms with Crippen molar-refractivity contribution in [2.75, 3.05) is 26.2 Å². The second-order valence-corrected chi connectivity index (χ2v) is 10.9. The largest absolute Gasteiger partial charge is 0.243 e. The first-order valence-electron chi connectivity index (χ1n) is 8.59. The number of benzene rings is 2. The predicted molar refractivity (Wildman–Crippen MR) is 106 cm³/mol. The fourth-order valence-electron chi connectivity index (χ4n) is 2.99. The van der Waals surface area contributed by atoms with Crippen LogP contribution in [0.1, 0.15) is 11.1 Å². The normalized spacial score (nSPS) is 17.0. The summed E-state index contributed by atoms with van der Waals surface area (Å²) in [7, 11) is -7.52. The third-order valence-corrected chi connectivity index (χ3v) is 8.71. The van der Waals surface area contributed by atoms with Crippen molar-refractivity contribution < 1.29 is 21.2 Å². The van der Waals surface area contributed by atoms with Crippen molar-refractivity contribution in [2.24, 2.45) is 0 Å². The Morgan fingerprint density at radius 1 is 0.929 bits per heavy atom. The number of hydrogen-bond acceptors (Lipinski definition) is 4. The summed E-state index contributed by atoms with van der Waals surface area (Å²) in [6.07, 6.45) is 0. The van der Waals surface area contributed by atoms with Crippen LogP contribution in [0.4, 0.5) is 4.39 Å². The Labute approximate surface area is 169 Å². The minimum atomic E-state index is -3.83. The lowest BCUT2D eigenvalue weighted by Crippen LogP contribution is -2.50. The van der Waals surface area contributed by atoms with E-state index in [2.05, 4.69) is 0 Å². The van der Waals surface area contributed by atoms with Crippen LogP contribution < -0.4 is 0 Å². The number of sulfonamides is 2. The second kappa shape index (κ2) is 8.08. The number of hydrogen-bond donors (Lipinski definition) is 0. The van der Waals surface area contributed by atoms with E-state index in [1.54, 1.807) is 12.1 Å². The van der Waals surface area contributed by atoms with Crippen LogP contribution in [0.25, 0.3) is 0 Å². The topological polar surface area (TPSA) is 74.8 Å². The van der Waals surface area contributed by atoms with E-state index >= 15 is 0 Å². The molecule has 0 radical (unpaired) electrons. The van der Waals surface area contributed by atoms with Crippen LogP contribution in [0.5, 0.6) is 0 Å². The predicted octanol–water partition coefficient (Wildman–Crippen LogP) is 2.62. The van der Waals surface area contributed by atoms with Gasteiger partial charge in [-0.25, -0.2) is 21.2 Å². The molecule has 152 valence electrons. The second-order valence-electron chi connectivity index (χ2n) is 6.57. The molecule has 0 bridgehead atoms. The molecular formula is C18H20ClFN2O4S2.